The minimum absolute atomic E-state index is 0.200. The van der Waals surface area contributed by atoms with Gasteiger partial charge in [0, 0.05) is 49.1 Å². The molecule has 0 radical (unpaired) electrons. The van der Waals surface area contributed by atoms with Gasteiger partial charge in [-0.25, -0.2) is 0 Å². The molecule has 0 unspecified atom stereocenters. The van der Waals surface area contributed by atoms with Crippen LogP contribution in [-0.2, 0) is 11.3 Å². The second kappa shape index (κ2) is 10.2. The lowest BCUT2D eigenvalue weighted by Crippen LogP contribution is -2.37. The number of nitrogens with one attached hydrogen (secondary N) is 2. The Morgan fingerprint density at radius 1 is 1.12 bits per heavy atom. The average Bonchev–Trinajstić information content (AvgIpc) is 3.65. The number of likely N-dealkylation sites (tertiary alicyclic amines) is 1. The summed E-state index contributed by atoms with van der Waals surface area (Å²) in [5.41, 5.74) is 3.55. The Morgan fingerprint density at radius 2 is 1.91 bits per heavy atom. The fraction of sp³-hybridized carbons (Fsp3) is 0.375. The molecule has 0 spiro atoms. The van der Waals surface area contributed by atoms with E-state index >= 15 is 0 Å². The first-order chi connectivity index (χ1) is 16.6. The van der Waals surface area contributed by atoms with Gasteiger partial charge in [0.25, 0.3) is 5.91 Å². The highest BCUT2D eigenvalue weighted by Gasteiger charge is 2.22. The first kappa shape index (κ1) is 22.9. The van der Waals surface area contributed by atoms with E-state index in [1.54, 1.807) is 12.1 Å². The molecule has 2 saturated heterocycles. The zero-order valence-electron chi connectivity index (χ0n) is 18.7. The standard InChI is InChI=1S/C24H26ClN5O3S/c25-22-6-5-21(34-22)24(31)27-15-17-14-19(28-33-17)18-4-3-16(23(26)30-7-1-2-8-30)13-20(18)29-9-11-32-12-10-29/h3-6,13-14,26H,1-2,7-12,15H2,(H,27,31). The number of ether oxygens (including phenoxy) is 1. The molecule has 5 rings (SSSR count). The Hall–Kier alpha value is -2.88. The summed E-state index contributed by atoms with van der Waals surface area (Å²) in [5.74, 6) is 0.928. The molecule has 4 heterocycles. The smallest absolute Gasteiger partial charge is 0.261 e. The molecule has 10 heteroatoms. The highest BCUT2D eigenvalue weighted by atomic mass is 35.5. The molecule has 2 aliphatic rings. The first-order valence-electron chi connectivity index (χ1n) is 11.4. The topological polar surface area (TPSA) is 94.7 Å². The van der Waals surface area contributed by atoms with Gasteiger partial charge in [0.05, 0.1) is 29.0 Å². The molecule has 2 N–H and O–H groups in total. The van der Waals surface area contributed by atoms with Crippen molar-refractivity contribution in [2.45, 2.75) is 19.4 Å². The molecule has 2 aromatic heterocycles. The van der Waals surface area contributed by atoms with Crippen LogP contribution in [0.1, 0.15) is 33.8 Å². The van der Waals surface area contributed by atoms with Crippen molar-refractivity contribution in [1.82, 2.24) is 15.4 Å². The van der Waals surface area contributed by atoms with Crippen molar-refractivity contribution in [3.05, 3.63) is 56.9 Å². The van der Waals surface area contributed by atoms with Crippen LogP contribution in [0.3, 0.4) is 0 Å². The molecule has 2 fully saturated rings. The SMILES string of the molecule is N=C(c1ccc(-c2cc(CNC(=O)c3ccc(Cl)s3)on2)c(N2CCOCC2)c1)N1CCCC1. The van der Waals surface area contributed by atoms with Crippen molar-refractivity contribution < 1.29 is 14.1 Å². The maximum absolute atomic E-state index is 12.3. The zero-order chi connectivity index (χ0) is 23.5. The molecule has 178 valence electrons. The molecule has 34 heavy (non-hydrogen) atoms. The Kier molecular flexibility index (Phi) is 6.85. The monoisotopic (exact) mass is 499 g/mol. The van der Waals surface area contributed by atoms with Crippen molar-refractivity contribution >= 4 is 40.4 Å². The fourth-order valence-electron chi connectivity index (χ4n) is 4.30. The van der Waals surface area contributed by atoms with Crippen LogP contribution in [-0.4, -0.2) is 61.2 Å². The summed E-state index contributed by atoms with van der Waals surface area (Å²) in [7, 11) is 0. The van der Waals surface area contributed by atoms with E-state index in [2.05, 4.69) is 26.3 Å². The van der Waals surface area contributed by atoms with Crippen LogP contribution >= 0.6 is 22.9 Å². The molecule has 0 saturated carbocycles. The number of thiophene rings is 1. The van der Waals surface area contributed by atoms with Gasteiger partial charge in [0.1, 0.15) is 11.5 Å². The minimum atomic E-state index is -0.200. The molecule has 0 atom stereocenters. The van der Waals surface area contributed by atoms with Crippen LogP contribution in [0, 0.1) is 5.41 Å². The van der Waals surface area contributed by atoms with Crippen molar-refractivity contribution in [2.24, 2.45) is 0 Å². The van der Waals surface area contributed by atoms with Gasteiger partial charge in [0.2, 0.25) is 0 Å². The van der Waals surface area contributed by atoms with Crippen molar-refractivity contribution in [3.63, 3.8) is 0 Å². The third-order valence-electron chi connectivity index (χ3n) is 6.10. The number of rotatable bonds is 6. The Labute approximate surface area is 206 Å². The van der Waals surface area contributed by atoms with Gasteiger partial charge in [-0.15, -0.1) is 11.3 Å². The summed E-state index contributed by atoms with van der Waals surface area (Å²) in [6.45, 7) is 4.97. The number of hydrogen-bond donors (Lipinski definition) is 2. The Bertz CT molecular complexity index is 1180. The molecule has 0 bridgehead atoms. The van der Waals surface area contributed by atoms with E-state index in [0.717, 1.165) is 55.8 Å². The van der Waals surface area contributed by atoms with Crippen LogP contribution < -0.4 is 10.2 Å². The molecule has 1 amide bonds. The van der Waals surface area contributed by atoms with Crippen molar-refractivity contribution in [1.29, 1.82) is 5.41 Å². The number of morpholine rings is 1. The molecule has 3 aromatic rings. The summed E-state index contributed by atoms with van der Waals surface area (Å²) < 4.78 is 11.7. The molecule has 1 aromatic carbocycles. The maximum Gasteiger partial charge on any atom is 0.261 e. The minimum Gasteiger partial charge on any atom is -0.378 e. The lowest BCUT2D eigenvalue weighted by atomic mass is 10.0. The number of carbonyl (C=O) groups is 1. The Morgan fingerprint density at radius 3 is 2.65 bits per heavy atom. The highest BCUT2D eigenvalue weighted by Crippen LogP contribution is 2.33. The highest BCUT2D eigenvalue weighted by molar-refractivity contribution is 7.17. The lowest BCUT2D eigenvalue weighted by molar-refractivity contribution is 0.0951. The molecule has 0 aliphatic carbocycles. The fourth-order valence-corrected chi connectivity index (χ4v) is 5.26. The van der Waals surface area contributed by atoms with Gasteiger partial charge in [-0.1, -0.05) is 22.8 Å². The number of amides is 1. The van der Waals surface area contributed by atoms with E-state index in [4.69, 9.17) is 26.3 Å². The van der Waals surface area contributed by atoms with Crippen molar-refractivity contribution in [2.75, 3.05) is 44.3 Å². The number of halogens is 1. The number of nitrogens with zero attached hydrogens (tertiary/aromatic N) is 3. The van der Waals surface area contributed by atoms with Crippen LogP contribution in [0.2, 0.25) is 4.34 Å². The molecular formula is C24H26ClN5O3S. The summed E-state index contributed by atoms with van der Waals surface area (Å²) >= 11 is 7.16. The van der Waals surface area contributed by atoms with Crippen molar-refractivity contribution in [3.8, 4) is 11.3 Å². The molecule has 8 nitrogen and oxygen atoms in total. The van der Waals surface area contributed by atoms with Gasteiger partial charge in [0.15, 0.2) is 5.76 Å². The number of carbonyl (C=O) groups excluding carboxylic acids is 1. The molecule has 2 aliphatic heterocycles. The summed E-state index contributed by atoms with van der Waals surface area (Å²) in [5, 5.41) is 15.8. The lowest BCUT2D eigenvalue weighted by Gasteiger charge is -2.31. The number of hydrogen-bond acceptors (Lipinski definition) is 7. The largest absolute Gasteiger partial charge is 0.378 e. The maximum atomic E-state index is 12.3. The normalized spacial score (nSPS) is 16.1. The number of amidine groups is 1. The predicted octanol–water partition coefficient (Wildman–Crippen LogP) is 4.24. The quantitative estimate of drug-likeness (QED) is 0.389. The van der Waals surface area contributed by atoms with Gasteiger partial charge in [-0.05, 0) is 37.1 Å². The van der Waals surface area contributed by atoms with Crippen LogP contribution in [0.4, 0.5) is 5.69 Å². The summed E-state index contributed by atoms with van der Waals surface area (Å²) in [4.78, 5) is 17.3. The van der Waals surface area contributed by atoms with Gasteiger partial charge in [-0.3, -0.25) is 10.2 Å². The van der Waals surface area contributed by atoms with E-state index in [0.29, 0.717) is 39.7 Å². The number of benzene rings is 1. The second-order valence-electron chi connectivity index (χ2n) is 8.34. The number of aromatic nitrogens is 1. The predicted molar refractivity (Wildman–Crippen MR) is 133 cm³/mol. The van der Waals surface area contributed by atoms with Crippen LogP contribution in [0.25, 0.3) is 11.3 Å². The number of anilines is 1. The third-order valence-corrected chi connectivity index (χ3v) is 7.33. The van der Waals surface area contributed by atoms with E-state index in [9.17, 15) is 4.79 Å². The average molecular weight is 500 g/mol. The van der Waals surface area contributed by atoms with Gasteiger partial charge in [-0.2, -0.15) is 0 Å². The van der Waals surface area contributed by atoms with Gasteiger partial charge >= 0.3 is 0 Å². The van der Waals surface area contributed by atoms with E-state index in [1.165, 1.54) is 11.3 Å². The summed E-state index contributed by atoms with van der Waals surface area (Å²) in [6.07, 6.45) is 2.27. The first-order valence-corrected chi connectivity index (χ1v) is 12.6. The van der Waals surface area contributed by atoms with E-state index in [1.807, 2.05) is 18.2 Å². The van der Waals surface area contributed by atoms with Gasteiger partial charge < -0.3 is 24.4 Å². The van der Waals surface area contributed by atoms with E-state index < -0.39 is 0 Å². The van der Waals surface area contributed by atoms with E-state index in [-0.39, 0.29) is 12.5 Å². The third kappa shape index (κ3) is 4.96. The van der Waals surface area contributed by atoms with Crippen LogP contribution in [0.5, 0.6) is 0 Å². The summed E-state index contributed by atoms with van der Waals surface area (Å²) in [6, 6.07) is 11.3. The molecular weight excluding hydrogens is 474 g/mol. The zero-order valence-corrected chi connectivity index (χ0v) is 20.3. The Balaban J connectivity index is 1.37. The second-order valence-corrected chi connectivity index (χ2v) is 10.1. The van der Waals surface area contributed by atoms with Crippen LogP contribution in [0.15, 0.2) is 40.9 Å².